The van der Waals surface area contributed by atoms with Crippen molar-refractivity contribution in [2.24, 2.45) is 0 Å². The third-order valence-electron chi connectivity index (χ3n) is 3.77. The van der Waals surface area contributed by atoms with E-state index in [4.69, 9.17) is 5.73 Å². The van der Waals surface area contributed by atoms with Gasteiger partial charge in [0, 0.05) is 18.2 Å². The minimum atomic E-state index is -0.267. The summed E-state index contributed by atoms with van der Waals surface area (Å²) in [7, 11) is 0. The first-order valence-electron chi connectivity index (χ1n) is 7.76. The van der Waals surface area contributed by atoms with Crippen molar-refractivity contribution >= 4 is 17.5 Å². The lowest BCUT2D eigenvalue weighted by molar-refractivity contribution is 0.627. The molecular formula is C18H15FN6. The molecule has 2 aromatic heterocycles. The van der Waals surface area contributed by atoms with Gasteiger partial charge in [-0.2, -0.15) is 19.6 Å². The van der Waals surface area contributed by atoms with Crippen LogP contribution in [0.5, 0.6) is 0 Å². The van der Waals surface area contributed by atoms with Gasteiger partial charge in [0.15, 0.2) is 5.65 Å². The average Bonchev–Trinajstić information content (AvgIpc) is 3.06. The van der Waals surface area contributed by atoms with Crippen molar-refractivity contribution in [3.63, 3.8) is 0 Å². The van der Waals surface area contributed by atoms with Gasteiger partial charge in [-0.3, -0.25) is 0 Å². The number of rotatable bonds is 4. The highest BCUT2D eigenvalue weighted by molar-refractivity contribution is 5.65. The molecule has 0 bridgehead atoms. The van der Waals surface area contributed by atoms with E-state index in [9.17, 15) is 4.39 Å². The molecule has 4 rings (SSSR count). The van der Waals surface area contributed by atoms with Crippen molar-refractivity contribution in [3.05, 3.63) is 72.0 Å². The van der Waals surface area contributed by atoms with Gasteiger partial charge in [-0.15, -0.1) is 0 Å². The third kappa shape index (κ3) is 3.12. The largest absolute Gasteiger partial charge is 0.368 e. The Hall–Kier alpha value is -3.48. The summed E-state index contributed by atoms with van der Waals surface area (Å²) >= 11 is 0. The molecule has 0 amide bonds. The summed E-state index contributed by atoms with van der Waals surface area (Å²) in [5.74, 6) is 0.375. The molecule has 7 heteroatoms. The summed E-state index contributed by atoms with van der Waals surface area (Å²) in [6.07, 6.45) is 0. The number of fused-ring (bicyclic) bond motifs is 1. The number of nitrogens with one attached hydrogen (secondary N) is 1. The van der Waals surface area contributed by atoms with Crippen LogP contribution in [-0.2, 0) is 6.54 Å². The van der Waals surface area contributed by atoms with Gasteiger partial charge in [-0.1, -0.05) is 42.5 Å². The van der Waals surface area contributed by atoms with Gasteiger partial charge >= 0.3 is 0 Å². The lowest BCUT2D eigenvalue weighted by atomic mass is 10.2. The van der Waals surface area contributed by atoms with Crippen LogP contribution < -0.4 is 11.1 Å². The number of nitrogens with two attached hydrogens (primary N) is 1. The normalized spacial score (nSPS) is 10.9. The Kier molecular flexibility index (Phi) is 3.74. The Labute approximate surface area is 143 Å². The van der Waals surface area contributed by atoms with Gasteiger partial charge in [0.05, 0.1) is 5.69 Å². The van der Waals surface area contributed by atoms with Crippen LogP contribution in [0.25, 0.3) is 16.9 Å². The van der Waals surface area contributed by atoms with E-state index in [0.717, 1.165) is 16.8 Å². The second-order valence-corrected chi connectivity index (χ2v) is 5.55. The maximum atomic E-state index is 13.0. The van der Waals surface area contributed by atoms with Crippen LogP contribution in [0.3, 0.4) is 0 Å². The molecule has 0 saturated carbocycles. The summed E-state index contributed by atoms with van der Waals surface area (Å²) < 4.78 is 14.6. The van der Waals surface area contributed by atoms with Gasteiger partial charge in [0.2, 0.25) is 11.9 Å². The van der Waals surface area contributed by atoms with Crippen LogP contribution >= 0.6 is 0 Å². The Bertz CT molecular complexity index is 1010. The molecule has 6 nitrogen and oxygen atoms in total. The van der Waals surface area contributed by atoms with Crippen LogP contribution in [0.15, 0.2) is 60.7 Å². The lowest BCUT2D eigenvalue weighted by Gasteiger charge is -2.08. The molecule has 4 aromatic rings. The SMILES string of the molecule is Nc1nc(NCc2ccc(F)cc2)n2nc(-c3ccccc3)cc2n1. The van der Waals surface area contributed by atoms with E-state index in [2.05, 4.69) is 20.4 Å². The van der Waals surface area contributed by atoms with E-state index in [1.54, 1.807) is 16.6 Å². The van der Waals surface area contributed by atoms with Gasteiger partial charge < -0.3 is 11.1 Å². The smallest absolute Gasteiger partial charge is 0.229 e. The van der Waals surface area contributed by atoms with Crippen LogP contribution in [0, 0.1) is 5.82 Å². The van der Waals surface area contributed by atoms with Crippen molar-refractivity contribution in [2.75, 3.05) is 11.1 Å². The third-order valence-corrected chi connectivity index (χ3v) is 3.77. The van der Waals surface area contributed by atoms with E-state index in [-0.39, 0.29) is 11.8 Å². The minimum Gasteiger partial charge on any atom is -0.368 e. The predicted octanol–water partition coefficient (Wildman–Crippen LogP) is 3.12. The fourth-order valence-corrected chi connectivity index (χ4v) is 2.55. The zero-order valence-corrected chi connectivity index (χ0v) is 13.2. The average molecular weight is 334 g/mol. The maximum Gasteiger partial charge on any atom is 0.229 e. The zero-order chi connectivity index (χ0) is 17.2. The maximum absolute atomic E-state index is 13.0. The second-order valence-electron chi connectivity index (χ2n) is 5.55. The first kappa shape index (κ1) is 15.1. The molecule has 0 radical (unpaired) electrons. The Balaban J connectivity index is 1.68. The highest BCUT2D eigenvalue weighted by Crippen LogP contribution is 2.21. The van der Waals surface area contributed by atoms with Crippen molar-refractivity contribution in [3.8, 4) is 11.3 Å². The van der Waals surface area contributed by atoms with E-state index >= 15 is 0 Å². The highest BCUT2D eigenvalue weighted by Gasteiger charge is 2.11. The molecule has 0 saturated heterocycles. The van der Waals surface area contributed by atoms with E-state index in [0.29, 0.717) is 18.1 Å². The topological polar surface area (TPSA) is 81.1 Å². The van der Waals surface area contributed by atoms with Crippen LogP contribution in [0.2, 0.25) is 0 Å². The summed E-state index contributed by atoms with van der Waals surface area (Å²) in [6.45, 7) is 0.465. The summed E-state index contributed by atoms with van der Waals surface area (Å²) in [5.41, 5.74) is 9.10. The van der Waals surface area contributed by atoms with Crippen molar-refractivity contribution in [2.45, 2.75) is 6.54 Å². The number of aromatic nitrogens is 4. The van der Waals surface area contributed by atoms with Gasteiger partial charge in [-0.05, 0) is 17.7 Å². The van der Waals surface area contributed by atoms with Gasteiger partial charge in [0.25, 0.3) is 0 Å². The number of hydrogen-bond acceptors (Lipinski definition) is 5. The number of nitrogens with zero attached hydrogens (tertiary/aromatic N) is 4. The molecule has 3 N–H and O–H groups in total. The van der Waals surface area contributed by atoms with Crippen LogP contribution in [0.1, 0.15) is 5.56 Å². The number of halogens is 1. The Morgan fingerprint density at radius 2 is 1.76 bits per heavy atom. The molecule has 0 aliphatic rings. The fourth-order valence-electron chi connectivity index (χ4n) is 2.55. The van der Waals surface area contributed by atoms with E-state index in [1.165, 1.54) is 12.1 Å². The highest BCUT2D eigenvalue weighted by atomic mass is 19.1. The second kappa shape index (κ2) is 6.20. The molecule has 2 aromatic carbocycles. The molecular weight excluding hydrogens is 319 g/mol. The number of benzene rings is 2. The number of hydrogen-bond donors (Lipinski definition) is 2. The zero-order valence-electron chi connectivity index (χ0n) is 13.2. The van der Waals surface area contributed by atoms with Crippen molar-refractivity contribution in [1.82, 2.24) is 19.6 Å². The molecule has 25 heavy (non-hydrogen) atoms. The monoisotopic (exact) mass is 334 g/mol. The van der Waals surface area contributed by atoms with Crippen LogP contribution in [0.4, 0.5) is 16.3 Å². The lowest BCUT2D eigenvalue weighted by Crippen LogP contribution is -2.10. The van der Waals surface area contributed by atoms with E-state index in [1.807, 2.05) is 36.4 Å². The molecule has 0 fully saturated rings. The molecule has 0 spiro atoms. The van der Waals surface area contributed by atoms with Crippen molar-refractivity contribution < 1.29 is 4.39 Å². The molecule has 0 aliphatic carbocycles. The summed E-state index contributed by atoms with van der Waals surface area (Å²) in [4.78, 5) is 8.45. The van der Waals surface area contributed by atoms with E-state index < -0.39 is 0 Å². The van der Waals surface area contributed by atoms with Crippen molar-refractivity contribution in [1.29, 1.82) is 0 Å². The van der Waals surface area contributed by atoms with Gasteiger partial charge in [-0.25, -0.2) is 4.39 Å². The molecule has 124 valence electrons. The number of anilines is 2. The minimum absolute atomic E-state index is 0.161. The quantitative estimate of drug-likeness (QED) is 0.599. The first-order valence-corrected chi connectivity index (χ1v) is 7.76. The molecule has 0 unspecified atom stereocenters. The molecule has 0 aliphatic heterocycles. The molecule has 0 atom stereocenters. The molecule has 2 heterocycles. The number of nitrogen functional groups attached to an aromatic ring is 1. The standard InChI is InChI=1S/C18H15FN6/c19-14-8-6-12(7-9-14)11-21-18-23-17(20)22-16-10-15(24-25(16)18)13-4-2-1-3-5-13/h1-10H,11H2,(H3,20,21,22,23). The fraction of sp³-hybridized carbons (Fsp3) is 0.0556. The summed E-state index contributed by atoms with van der Waals surface area (Å²) in [5, 5.41) is 7.74. The summed E-state index contributed by atoms with van der Waals surface area (Å²) in [6, 6.07) is 17.9. The Morgan fingerprint density at radius 1 is 1.00 bits per heavy atom. The Morgan fingerprint density at radius 3 is 2.52 bits per heavy atom. The van der Waals surface area contributed by atoms with Gasteiger partial charge in [0.1, 0.15) is 5.82 Å². The predicted molar refractivity (Wildman–Crippen MR) is 94.4 cm³/mol. The van der Waals surface area contributed by atoms with Crippen LogP contribution in [-0.4, -0.2) is 19.6 Å². The first-order chi connectivity index (χ1) is 12.2.